The lowest BCUT2D eigenvalue weighted by Crippen LogP contribution is -2.41. The summed E-state index contributed by atoms with van der Waals surface area (Å²) in [5.41, 5.74) is 3.06. The van der Waals surface area contributed by atoms with Gasteiger partial charge in [-0.25, -0.2) is 4.98 Å². The molecule has 0 unspecified atom stereocenters. The number of carbonyl (C=O) groups excluding carboxylic acids is 1. The predicted molar refractivity (Wildman–Crippen MR) is 107 cm³/mol. The molecule has 0 atom stereocenters. The molecule has 1 amide bonds. The number of aromatic nitrogens is 2. The van der Waals surface area contributed by atoms with Crippen molar-refractivity contribution in [1.29, 1.82) is 0 Å². The molecule has 0 bridgehead atoms. The zero-order valence-electron chi connectivity index (χ0n) is 15.4. The van der Waals surface area contributed by atoms with E-state index < -0.39 is 0 Å². The zero-order valence-corrected chi connectivity index (χ0v) is 16.3. The number of hydrogen-bond acceptors (Lipinski definition) is 3. The molecule has 1 saturated carbocycles. The largest absolute Gasteiger partial charge is 0.335 e. The Bertz CT molecular complexity index is 906. The molecule has 2 heterocycles. The van der Waals surface area contributed by atoms with Crippen molar-refractivity contribution in [2.75, 3.05) is 6.54 Å². The second-order valence-electron chi connectivity index (χ2n) is 7.04. The topological polar surface area (TPSA) is 37.6 Å². The average Bonchev–Trinajstić information content (AvgIpc) is 3.23. The quantitative estimate of drug-likeness (QED) is 0.638. The van der Waals surface area contributed by atoms with Gasteiger partial charge in [0.15, 0.2) is 4.96 Å². The fourth-order valence-corrected chi connectivity index (χ4v) is 5.05. The van der Waals surface area contributed by atoms with E-state index in [2.05, 4.69) is 28.4 Å². The highest BCUT2D eigenvalue weighted by molar-refractivity contribution is 7.19. The first-order valence-electron chi connectivity index (χ1n) is 9.54. The molecule has 3 aromatic rings. The normalized spacial score (nSPS) is 15.5. The van der Waals surface area contributed by atoms with E-state index >= 15 is 0 Å². The van der Waals surface area contributed by atoms with Crippen LogP contribution in [0.1, 0.15) is 54.4 Å². The number of rotatable bonds is 4. The smallest absolute Gasteiger partial charge is 0.266 e. The monoisotopic (exact) mass is 367 g/mol. The molecule has 0 radical (unpaired) electrons. The standard InChI is InChI=1S/C21H25N3OS/c1-3-23(17-12-8-5-9-13-17)20(25)19-15(2)24-14-18(22-21(24)26-19)16-10-6-4-7-11-16/h4,6-7,10-11,14,17H,3,5,8-9,12-13H2,1-2H3. The first-order chi connectivity index (χ1) is 12.7. The summed E-state index contributed by atoms with van der Waals surface area (Å²) in [6, 6.07) is 10.6. The van der Waals surface area contributed by atoms with Crippen LogP contribution in [0, 0.1) is 6.92 Å². The Hall–Kier alpha value is -2.14. The van der Waals surface area contributed by atoms with Crippen LogP contribution in [-0.4, -0.2) is 32.8 Å². The van der Waals surface area contributed by atoms with Crippen LogP contribution < -0.4 is 0 Å². The van der Waals surface area contributed by atoms with E-state index in [1.165, 1.54) is 30.6 Å². The van der Waals surface area contributed by atoms with Gasteiger partial charge in [-0.1, -0.05) is 60.9 Å². The van der Waals surface area contributed by atoms with Gasteiger partial charge in [-0.2, -0.15) is 0 Å². The number of nitrogens with zero attached hydrogens (tertiary/aromatic N) is 3. The molecular formula is C21H25N3OS. The summed E-state index contributed by atoms with van der Waals surface area (Å²) in [4.78, 5) is 21.8. The third-order valence-corrected chi connectivity index (χ3v) is 6.58. The molecule has 1 aromatic carbocycles. The molecular weight excluding hydrogens is 342 g/mol. The number of hydrogen-bond donors (Lipinski definition) is 0. The van der Waals surface area contributed by atoms with E-state index in [1.54, 1.807) is 0 Å². The maximum atomic E-state index is 13.2. The van der Waals surface area contributed by atoms with Crippen molar-refractivity contribution in [3.8, 4) is 11.3 Å². The third kappa shape index (κ3) is 3.05. The van der Waals surface area contributed by atoms with E-state index in [-0.39, 0.29) is 5.91 Å². The van der Waals surface area contributed by atoms with Gasteiger partial charge in [0, 0.05) is 30.0 Å². The van der Waals surface area contributed by atoms with Gasteiger partial charge in [-0.3, -0.25) is 9.20 Å². The van der Waals surface area contributed by atoms with Gasteiger partial charge in [-0.05, 0) is 26.7 Å². The van der Waals surface area contributed by atoms with Crippen molar-refractivity contribution < 1.29 is 4.79 Å². The van der Waals surface area contributed by atoms with Crippen LogP contribution in [0.5, 0.6) is 0 Å². The van der Waals surface area contributed by atoms with E-state index in [0.29, 0.717) is 6.04 Å². The number of thiazole rings is 1. The lowest BCUT2D eigenvalue weighted by Gasteiger charge is -2.33. The summed E-state index contributed by atoms with van der Waals surface area (Å²) in [5.74, 6) is 0.175. The minimum atomic E-state index is 0.175. The minimum Gasteiger partial charge on any atom is -0.335 e. The second kappa shape index (κ2) is 7.23. The number of imidazole rings is 1. The molecule has 0 saturated heterocycles. The number of carbonyl (C=O) groups is 1. The molecule has 0 N–H and O–H groups in total. The van der Waals surface area contributed by atoms with E-state index in [9.17, 15) is 4.79 Å². The fraction of sp³-hybridized carbons (Fsp3) is 0.429. The van der Waals surface area contributed by atoms with Crippen LogP contribution in [0.15, 0.2) is 36.5 Å². The summed E-state index contributed by atoms with van der Waals surface area (Å²) < 4.78 is 2.06. The maximum Gasteiger partial charge on any atom is 0.266 e. The number of fused-ring (bicyclic) bond motifs is 1. The lowest BCUT2D eigenvalue weighted by atomic mass is 9.94. The van der Waals surface area contributed by atoms with Gasteiger partial charge < -0.3 is 4.90 Å². The molecule has 26 heavy (non-hydrogen) atoms. The van der Waals surface area contributed by atoms with E-state index in [4.69, 9.17) is 4.98 Å². The zero-order chi connectivity index (χ0) is 18.1. The van der Waals surface area contributed by atoms with Crippen molar-refractivity contribution in [3.05, 3.63) is 47.1 Å². The van der Waals surface area contributed by atoms with Crippen molar-refractivity contribution in [2.45, 2.75) is 52.0 Å². The van der Waals surface area contributed by atoms with Gasteiger partial charge in [0.05, 0.1) is 5.69 Å². The van der Waals surface area contributed by atoms with Gasteiger partial charge in [0.1, 0.15) is 4.88 Å². The maximum absolute atomic E-state index is 13.2. The summed E-state index contributed by atoms with van der Waals surface area (Å²) in [7, 11) is 0. The minimum absolute atomic E-state index is 0.175. The highest BCUT2D eigenvalue weighted by Gasteiger charge is 2.28. The Morgan fingerprint density at radius 1 is 1.23 bits per heavy atom. The van der Waals surface area contributed by atoms with Crippen LogP contribution in [0.25, 0.3) is 16.2 Å². The lowest BCUT2D eigenvalue weighted by molar-refractivity contribution is 0.0652. The Kier molecular flexibility index (Phi) is 4.81. The van der Waals surface area contributed by atoms with Crippen molar-refractivity contribution in [3.63, 3.8) is 0 Å². The number of amides is 1. The Morgan fingerprint density at radius 2 is 1.96 bits per heavy atom. The van der Waals surface area contributed by atoms with Gasteiger partial charge in [0.2, 0.25) is 0 Å². The van der Waals surface area contributed by atoms with Crippen LogP contribution in [0.4, 0.5) is 0 Å². The molecule has 1 aliphatic carbocycles. The van der Waals surface area contributed by atoms with Gasteiger partial charge in [-0.15, -0.1) is 0 Å². The van der Waals surface area contributed by atoms with Crippen molar-refractivity contribution in [1.82, 2.24) is 14.3 Å². The molecule has 2 aromatic heterocycles. The molecule has 0 spiro atoms. The molecule has 5 heteroatoms. The summed E-state index contributed by atoms with van der Waals surface area (Å²) in [6.07, 6.45) is 8.10. The first-order valence-corrected chi connectivity index (χ1v) is 10.4. The molecule has 4 nitrogen and oxygen atoms in total. The summed E-state index contributed by atoms with van der Waals surface area (Å²) in [5, 5.41) is 0. The highest BCUT2D eigenvalue weighted by atomic mass is 32.1. The van der Waals surface area contributed by atoms with E-state index in [1.807, 2.05) is 31.3 Å². The van der Waals surface area contributed by atoms with Crippen molar-refractivity contribution >= 4 is 22.2 Å². The Morgan fingerprint density at radius 3 is 2.62 bits per heavy atom. The van der Waals surface area contributed by atoms with E-state index in [0.717, 1.165) is 46.2 Å². The van der Waals surface area contributed by atoms with Crippen LogP contribution in [0.3, 0.4) is 0 Å². The second-order valence-corrected chi connectivity index (χ2v) is 8.02. The van der Waals surface area contributed by atoms with Crippen molar-refractivity contribution in [2.24, 2.45) is 0 Å². The first kappa shape index (κ1) is 17.3. The Labute approximate surface area is 158 Å². The van der Waals surface area contributed by atoms with Crippen LogP contribution in [-0.2, 0) is 0 Å². The van der Waals surface area contributed by atoms with Gasteiger partial charge >= 0.3 is 0 Å². The molecule has 4 rings (SSSR count). The highest BCUT2D eigenvalue weighted by Crippen LogP contribution is 2.30. The van der Waals surface area contributed by atoms with Crippen LogP contribution in [0.2, 0.25) is 0 Å². The van der Waals surface area contributed by atoms with Crippen LogP contribution >= 0.6 is 11.3 Å². The Balaban J connectivity index is 1.65. The third-order valence-electron chi connectivity index (χ3n) is 5.44. The summed E-state index contributed by atoms with van der Waals surface area (Å²) in [6.45, 7) is 4.90. The molecule has 136 valence electrons. The van der Waals surface area contributed by atoms with Gasteiger partial charge in [0.25, 0.3) is 5.91 Å². The number of aryl methyl sites for hydroxylation is 1. The number of benzene rings is 1. The molecule has 0 aliphatic heterocycles. The molecule has 1 aliphatic rings. The molecule has 1 fully saturated rings. The fourth-order valence-electron chi connectivity index (χ4n) is 3.99. The SMILES string of the molecule is CCN(C(=O)c1sc2nc(-c3ccccc3)cn2c1C)C1CCCCC1. The average molecular weight is 368 g/mol. The predicted octanol–water partition coefficient (Wildman–Crippen LogP) is 5.17. The summed E-state index contributed by atoms with van der Waals surface area (Å²) >= 11 is 1.52.